The SMILES string of the molecule is CCCN(CCC)c1cc(C(F)(F)F)nc(Cl)n1. The number of halogens is 4. The van der Waals surface area contributed by atoms with Gasteiger partial charge in [0, 0.05) is 19.2 Å². The molecule has 0 amide bonds. The highest BCUT2D eigenvalue weighted by Crippen LogP contribution is 2.30. The molecule has 1 aromatic heterocycles. The summed E-state index contributed by atoms with van der Waals surface area (Å²) in [7, 11) is 0. The van der Waals surface area contributed by atoms with E-state index >= 15 is 0 Å². The van der Waals surface area contributed by atoms with E-state index in [0.717, 1.165) is 18.9 Å². The Balaban J connectivity index is 3.10. The molecule has 3 nitrogen and oxygen atoms in total. The lowest BCUT2D eigenvalue weighted by atomic mass is 10.3. The Morgan fingerprint density at radius 3 is 2.17 bits per heavy atom. The second-order valence-electron chi connectivity index (χ2n) is 3.87. The fourth-order valence-corrected chi connectivity index (χ4v) is 1.77. The van der Waals surface area contributed by atoms with Crippen molar-refractivity contribution >= 4 is 17.4 Å². The Hall–Kier alpha value is -1.04. The molecule has 0 spiro atoms. The molecule has 0 fully saturated rings. The molecule has 1 heterocycles. The fourth-order valence-electron chi connectivity index (χ4n) is 1.59. The number of anilines is 1. The van der Waals surface area contributed by atoms with Crippen molar-refractivity contribution in [2.75, 3.05) is 18.0 Å². The van der Waals surface area contributed by atoms with Crippen LogP contribution >= 0.6 is 11.6 Å². The van der Waals surface area contributed by atoms with E-state index in [1.54, 1.807) is 4.90 Å². The normalized spacial score (nSPS) is 11.7. The smallest absolute Gasteiger partial charge is 0.356 e. The summed E-state index contributed by atoms with van der Waals surface area (Å²) in [6.07, 6.45) is -2.86. The molecule has 1 aromatic rings. The molecule has 0 bridgehead atoms. The van der Waals surface area contributed by atoms with E-state index in [0.29, 0.717) is 13.1 Å². The van der Waals surface area contributed by atoms with Gasteiger partial charge in [0.15, 0.2) is 5.69 Å². The molecule has 0 aliphatic rings. The van der Waals surface area contributed by atoms with Gasteiger partial charge in [0.25, 0.3) is 0 Å². The Kier molecular flexibility index (Phi) is 5.19. The lowest BCUT2D eigenvalue weighted by Gasteiger charge is -2.23. The van der Waals surface area contributed by atoms with Crippen LogP contribution in [0.5, 0.6) is 0 Å². The van der Waals surface area contributed by atoms with E-state index in [9.17, 15) is 13.2 Å². The first-order chi connectivity index (χ1) is 8.38. The van der Waals surface area contributed by atoms with Crippen LogP contribution < -0.4 is 4.90 Å². The van der Waals surface area contributed by atoms with Crippen molar-refractivity contribution in [2.24, 2.45) is 0 Å². The average molecular weight is 282 g/mol. The Morgan fingerprint density at radius 1 is 1.17 bits per heavy atom. The summed E-state index contributed by atoms with van der Waals surface area (Å²) >= 11 is 5.55. The van der Waals surface area contributed by atoms with Gasteiger partial charge in [-0.3, -0.25) is 0 Å². The quantitative estimate of drug-likeness (QED) is 0.769. The first-order valence-electron chi connectivity index (χ1n) is 5.75. The highest BCUT2D eigenvalue weighted by molar-refractivity contribution is 6.28. The van der Waals surface area contributed by atoms with E-state index in [4.69, 9.17) is 11.6 Å². The van der Waals surface area contributed by atoms with Crippen molar-refractivity contribution in [1.29, 1.82) is 0 Å². The van der Waals surface area contributed by atoms with Crippen molar-refractivity contribution < 1.29 is 13.2 Å². The van der Waals surface area contributed by atoms with E-state index in [1.165, 1.54) is 0 Å². The summed E-state index contributed by atoms with van der Waals surface area (Å²) in [5.41, 5.74) is -1.00. The number of hydrogen-bond acceptors (Lipinski definition) is 3. The molecule has 0 aromatic carbocycles. The van der Waals surface area contributed by atoms with Gasteiger partial charge in [-0.25, -0.2) is 9.97 Å². The summed E-state index contributed by atoms with van der Waals surface area (Å²) in [6.45, 7) is 5.18. The number of rotatable bonds is 5. The van der Waals surface area contributed by atoms with Gasteiger partial charge in [0.05, 0.1) is 0 Å². The van der Waals surface area contributed by atoms with Crippen LogP contribution in [0.25, 0.3) is 0 Å². The van der Waals surface area contributed by atoms with Crippen LogP contribution in [0.3, 0.4) is 0 Å². The standard InChI is InChI=1S/C11H15ClF3N3/c1-3-5-18(6-4-2)9-7-8(11(13,14)15)16-10(12)17-9/h7H,3-6H2,1-2H3. The third-order valence-corrected chi connectivity index (χ3v) is 2.46. The largest absolute Gasteiger partial charge is 0.433 e. The van der Waals surface area contributed by atoms with Crippen LogP contribution in [0, 0.1) is 0 Å². The van der Waals surface area contributed by atoms with Gasteiger partial charge in [-0.15, -0.1) is 0 Å². The Labute approximate surface area is 109 Å². The number of nitrogens with zero attached hydrogens (tertiary/aromatic N) is 3. The highest BCUT2D eigenvalue weighted by atomic mass is 35.5. The average Bonchev–Trinajstić information content (AvgIpc) is 2.27. The second kappa shape index (κ2) is 6.22. The summed E-state index contributed by atoms with van der Waals surface area (Å²) < 4.78 is 37.8. The molecule has 0 radical (unpaired) electrons. The number of hydrogen-bond donors (Lipinski definition) is 0. The lowest BCUT2D eigenvalue weighted by Crippen LogP contribution is -2.26. The molecule has 0 saturated carbocycles. The van der Waals surface area contributed by atoms with Gasteiger partial charge in [0.1, 0.15) is 5.82 Å². The minimum Gasteiger partial charge on any atom is -0.356 e. The summed E-state index contributed by atoms with van der Waals surface area (Å²) in [6, 6.07) is 0.942. The van der Waals surface area contributed by atoms with E-state index < -0.39 is 11.9 Å². The van der Waals surface area contributed by atoms with Gasteiger partial charge in [-0.1, -0.05) is 13.8 Å². The van der Waals surface area contributed by atoms with Crippen molar-refractivity contribution in [3.05, 3.63) is 17.0 Å². The molecule has 18 heavy (non-hydrogen) atoms. The monoisotopic (exact) mass is 281 g/mol. The third-order valence-electron chi connectivity index (χ3n) is 2.29. The minimum absolute atomic E-state index is 0.228. The molecule has 0 N–H and O–H groups in total. The predicted molar refractivity (Wildman–Crippen MR) is 64.8 cm³/mol. The fraction of sp³-hybridized carbons (Fsp3) is 0.636. The van der Waals surface area contributed by atoms with Gasteiger partial charge < -0.3 is 4.90 Å². The molecule has 0 aliphatic carbocycles. The van der Waals surface area contributed by atoms with Crippen molar-refractivity contribution in [3.8, 4) is 0 Å². The first-order valence-corrected chi connectivity index (χ1v) is 6.13. The topological polar surface area (TPSA) is 29.0 Å². The van der Waals surface area contributed by atoms with E-state index in [1.807, 2.05) is 13.8 Å². The van der Waals surface area contributed by atoms with Gasteiger partial charge in [0.2, 0.25) is 5.28 Å². The van der Waals surface area contributed by atoms with Crippen LogP contribution in [0.4, 0.5) is 19.0 Å². The number of aromatic nitrogens is 2. The van der Waals surface area contributed by atoms with Crippen LogP contribution in [-0.2, 0) is 6.18 Å². The second-order valence-corrected chi connectivity index (χ2v) is 4.20. The molecule has 0 unspecified atom stereocenters. The first kappa shape index (κ1) is 15.0. The van der Waals surface area contributed by atoms with Gasteiger partial charge in [-0.2, -0.15) is 13.2 Å². The van der Waals surface area contributed by atoms with Crippen LogP contribution in [-0.4, -0.2) is 23.1 Å². The van der Waals surface area contributed by atoms with E-state index in [-0.39, 0.29) is 11.1 Å². The zero-order chi connectivity index (χ0) is 13.8. The molecule has 1 rings (SSSR count). The maximum absolute atomic E-state index is 12.6. The zero-order valence-corrected chi connectivity index (χ0v) is 11.0. The van der Waals surface area contributed by atoms with Crippen LogP contribution in [0.2, 0.25) is 5.28 Å². The van der Waals surface area contributed by atoms with E-state index in [2.05, 4.69) is 9.97 Å². The highest BCUT2D eigenvalue weighted by Gasteiger charge is 2.34. The summed E-state index contributed by atoms with van der Waals surface area (Å²) in [5.74, 6) is 0.228. The summed E-state index contributed by atoms with van der Waals surface area (Å²) in [4.78, 5) is 8.86. The van der Waals surface area contributed by atoms with Crippen molar-refractivity contribution in [1.82, 2.24) is 9.97 Å². The third kappa shape index (κ3) is 4.01. The van der Waals surface area contributed by atoms with Crippen LogP contribution in [0.1, 0.15) is 32.4 Å². The summed E-state index contributed by atoms with van der Waals surface area (Å²) in [5, 5.41) is -0.378. The van der Waals surface area contributed by atoms with Crippen molar-refractivity contribution in [3.63, 3.8) is 0 Å². The minimum atomic E-state index is -4.51. The molecule has 7 heteroatoms. The zero-order valence-electron chi connectivity index (χ0n) is 10.3. The maximum Gasteiger partial charge on any atom is 0.433 e. The Bertz CT molecular complexity index is 390. The molecule has 0 atom stereocenters. The van der Waals surface area contributed by atoms with Crippen molar-refractivity contribution in [2.45, 2.75) is 32.9 Å². The lowest BCUT2D eigenvalue weighted by molar-refractivity contribution is -0.141. The molecule has 0 saturated heterocycles. The molecular formula is C11H15ClF3N3. The molecular weight excluding hydrogens is 267 g/mol. The number of alkyl halides is 3. The maximum atomic E-state index is 12.6. The Morgan fingerprint density at radius 2 is 1.72 bits per heavy atom. The van der Waals surface area contributed by atoms with Crippen LogP contribution in [0.15, 0.2) is 6.07 Å². The van der Waals surface area contributed by atoms with Gasteiger partial charge >= 0.3 is 6.18 Å². The van der Waals surface area contributed by atoms with Gasteiger partial charge in [-0.05, 0) is 24.4 Å². The predicted octanol–water partition coefficient (Wildman–Crippen LogP) is 3.78. The molecule has 0 aliphatic heterocycles. The molecule has 102 valence electrons.